The maximum absolute atomic E-state index is 10.1. The molecule has 2 aromatic heterocycles. The lowest BCUT2D eigenvalue weighted by Crippen LogP contribution is -2.31. The molecule has 0 bridgehead atoms. The number of aliphatic hydroxyl groups is 1. The zero-order valence-corrected chi connectivity index (χ0v) is 18.9. The largest absolute Gasteiger partial charge is 0.391 e. The molecule has 0 saturated carbocycles. The SMILES string of the molecule is CC[C@H](Nc1nc(NCc2cnc(C)cc2C)c2c(n1)C(C(C)C)CC=N2)[C@@H](C)O. The number of nitrogens with one attached hydrogen (secondary N) is 2. The van der Waals surface area contributed by atoms with Gasteiger partial charge < -0.3 is 15.7 Å². The van der Waals surface area contributed by atoms with Gasteiger partial charge in [0.1, 0.15) is 5.69 Å². The van der Waals surface area contributed by atoms with Gasteiger partial charge in [0.2, 0.25) is 5.95 Å². The normalized spacial score (nSPS) is 17.5. The van der Waals surface area contributed by atoms with Gasteiger partial charge in [0, 0.05) is 30.6 Å². The highest BCUT2D eigenvalue weighted by Crippen LogP contribution is 2.40. The summed E-state index contributed by atoms with van der Waals surface area (Å²) in [6.45, 7) is 12.9. The average Bonchev–Trinajstić information content (AvgIpc) is 2.70. The minimum absolute atomic E-state index is 0.107. The van der Waals surface area contributed by atoms with Gasteiger partial charge in [0.25, 0.3) is 0 Å². The lowest BCUT2D eigenvalue weighted by molar-refractivity contribution is 0.169. The molecule has 0 amide bonds. The Morgan fingerprint density at radius 1 is 1.20 bits per heavy atom. The summed E-state index contributed by atoms with van der Waals surface area (Å²) in [5, 5.41) is 16.8. The van der Waals surface area contributed by atoms with Crippen molar-refractivity contribution in [2.24, 2.45) is 10.9 Å². The first-order chi connectivity index (χ1) is 14.3. The Hall–Kier alpha value is -2.54. The molecular formula is C23H34N6O. The Kier molecular flexibility index (Phi) is 7.02. The number of rotatable bonds is 8. The van der Waals surface area contributed by atoms with E-state index in [9.17, 15) is 5.11 Å². The van der Waals surface area contributed by atoms with Crippen LogP contribution in [-0.4, -0.2) is 38.4 Å². The number of hydrogen-bond donors (Lipinski definition) is 3. The van der Waals surface area contributed by atoms with Crippen LogP contribution in [0.3, 0.4) is 0 Å². The van der Waals surface area contributed by atoms with Crippen LogP contribution in [0.4, 0.5) is 17.5 Å². The van der Waals surface area contributed by atoms with Gasteiger partial charge in [-0.15, -0.1) is 0 Å². The molecule has 0 spiro atoms. The van der Waals surface area contributed by atoms with E-state index in [1.54, 1.807) is 6.92 Å². The van der Waals surface area contributed by atoms with Crippen molar-refractivity contribution in [1.82, 2.24) is 15.0 Å². The first kappa shape index (κ1) is 22.2. The minimum atomic E-state index is -0.494. The van der Waals surface area contributed by atoms with Crippen molar-refractivity contribution >= 4 is 23.7 Å². The second-order valence-corrected chi connectivity index (χ2v) is 8.53. The van der Waals surface area contributed by atoms with Crippen LogP contribution < -0.4 is 10.6 Å². The fraction of sp³-hybridized carbons (Fsp3) is 0.565. The molecule has 7 heteroatoms. The summed E-state index contributed by atoms with van der Waals surface area (Å²) in [6, 6.07) is 1.98. The Labute approximate surface area is 179 Å². The lowest BCUT2D eigenvalue weighted by atomic mass is 9.87. The van der Waals surface area contributed by atoms with Gasteiger partial charge in [-0.05, 0) is 56.7 Å². The van der Waals surface area contributed by atoms with Gasteiger partial charge in [-0.3, -0.25) is 9.98 Å². The summed E-state index contributed by atoms with van der Waals surface area (Å²) < 4.78 is 0. The molecule has 0 saturated heterocycles. The zero-order valence-electron chi connectivity index (χ0n) is 18.9. The van der Waals surface area contributed by atoms with Gasteiger partial charge in [-0.25, -0.2) is 4.98 Å². The molecule has 1 aliphatic heterocycles. The molecule has 0 aliphatic carbocycles. The lowest BCUT2D eigenvalue weighted by Gasteiger charge is -2.27. The third-order valence-electron chi connectivity index (χ3n) is 5.79. The highest BCUT2D eigenvalue weighted by molar-refractivity contribution is 5.77. The predicted octanol–water partition coefficient (Wildman–Crippen LogP) is 4.52. The number of pyridine rings is 1. The molecule has 3 rings (SSSR count). The summed E-state index contributed by atoms with van der Waals surface area (Å²) in [5.74, 6) is 1.97. The van der Waals surface area contributed by atoms with Crippen molar-refractivity contribution < 1.29 is 5.11 Å². The highest BCUT2D eigenvalue weighted by atomic mass is 16.3. The summed E-state index contributed by atoms with van der Waals surface area (Å²) in [6.07, 6.45) is 5.03. The molecule has 3 heterocycles. The monoisotopic (exact) mass is 410 g/mol. The van der Waals surface area contributed by atoms with E-state index in [0.29, 0.717) is 24.2 Å². The van der Waals surface area contributed by atoms with E-state index in [-0.39, 0.29) is 12.0 Å². The third kappa shape index (κ3) is 4.95. The van der Waals surface area contributed by atoms with Crippen LogP contribution in [0, 0.1) is 19.8 Å². The van der Waals surface area contributed by atoms with Crippen LogP contribution in [0.5, 0.6) is 0 Å². The first-order valence-electron chi connectivity index (χ1n) is 10.8. The Morgan fingerprint density at radius 2 is 1.97 bits per heavy atom. The van der Waals surface area contributed by atoms with E-state index in [4.69, 9.17) is 9.97 Å². The van der Waals surface area contributed by atoms with E-state index in [1.807, 2.05) is 26.3 Å². The maximum atomic E-state index is 10.1. The van der Waals surface area contributed by atoms with Crippen molar-refractivity contribution in [2.75, 3.05) is 10.6 Å². The number of aromatic nitrogens is 3. The summed E-state index contributed by atoms with van der Waals surface area (Å²) in [7, 11) is 0. The quantitative estimate of drug-likeness (QED) is 0.592. The van der Waals surface area contributed by atoms with Crippen LogP contribution in [-0.2, 0) is 6.54 Å². The van der Waals surface area contributed by atoms with Crippen molar-refractivity contribution in [2.45, 2.75) is 79.0 Å². The van der Waals surface area contributed by atoms with Crippen molar-refractivity contribution in [1.29, 1.82) is 0 Å². The highest BCUT2D eigenvalue weighted by Gasteiger charge is 2.27. The van der Waals surface area contributed by atoms with Gasteiger partial charge in [0.05, 0.1) is 17.8 Å². The Balaban J connectivity index is 1.96. The molecule has 30 heavy (non-hydrogen) atoms. The van der Waals surface area contributed by atoms with Crippen molar-refractivity contribution in [3.63, 3.8) is 0 Å². The predicted molar refractivity (Wildman–Crippen MR) is 123 cm³/mol. The molecule has 1 aliphatic rings. The number of aliphatic hydroxyl groups excluding tert-OH is 1. The molecule has 7 nitrogen and oxygen atoms in total. The average molecular weight is 411 g/mol. The molecule has 3 atom stereocenters. The van der Waals surface area contributed by atoms with E-state index in [0.717, 1.165) is 35.5 Å². The number of aliphatic imine (C=N–C) groups is 1. The summed E-state index contributed by atoms with van der Waals surface area (Å²) >= 11 is 0. The molecule has 2 aromatic rings. The molecule has 3 N–H and O–H groups in total. The number of nitrogens with zero attached hydrogens (tertiary/aromatic N) is 4. The Morgan fingerprint density at radius 3 is 2.60 bits per heavy atom. The van der Waals surface area contributed by atoms with Gasteiger partial charge in [-0.2, -0.15) is 4.98 Å². The molecule has 162 valence electrons. The van der Waals surface area contributed by atoms with Gasteiger partial charge in [-0.1, -0.05) is 20.8 Å². The van der Waals surface area contributed by atoms with Crippen LogP contribution in [0.1, 0.15) is 69.0 Å². The zero-order chi connectivity index (χ0) is 21.8. The smallest absolute Gasteiger partial charge is 0.225 e. The molecule has 0 aromatic carbocycles. The number of hydrogen-bond acceptors (Lipinski definition) is 7. The van der Waals surface area contributed by atoms with Crippen LogP contribution in [0.15, 0.2) is 17.3 Å². The van der Waals surface area contributed by atoms with Gasteiger partial charge >= 0.3 is 0 Å². The second-order valence-electron chi connectivity index (χ2n) is 8.53. The standard InChI is InChI=1S/C23H34N6O/c1-7-19(16(6)30)27-23-28-20-18(13(2)3)8-9-24-21(20)22(29-23)26-12-17-11-25-15(5)10-14(17)4/h9-11,13,16,18-19,30H,7-8,12H2,1-6H3,(H2,26,27,28,29)/t16-,18?,19+/m1/s1. The summed E-state index contributed by atoms with van der Waals surface area (Å²) in [4.78, 5) is 18.6. The molecule has 0 radical (unpaired) electrons. The second kappa shape index (κ2) is 9.51. The number of fused-ring (bicyclic) bond motifs is 1. The van der Waals surface area contributed by atoms with E-state index in [2.05, 4.69) is 47.4 Å². The van der Waals surface area contributed by atoms with Crippen molar-refractivity contribution in [3.05, 3.63) is 34.8 Å². The van der Waals surface area contributed by atoms with Crippen LogP contribution in [0.2, 0.25) is 0 Å². The van der Waals surface area contributed by atoms with E-state index >= 15 is 0 Å². The summed E-state index contributed by atoms with van der Waals surface area (Å²) in [5.41, 5.74) is 5.10. The minimum Gasteiger partial charge on any atom is -0.391 e. The Bertz CT molecular complexity index is 909. The molecule has 1 unspecified atom stereocenters. The number of aryl methyl sites for hydroxylation is 2. The maximum Gasteiger partial charge on any atom is 0.225 e. The number of anilines is 2. The fourth-order valence-electron chi connectivity index (χ4n) is 3.82. The third-order valence-corrected chi connectivity index (χ3v) is 5.79. The topological polar surface area (TPSA) is 95.3 Å². The van der Waals surface area contributed by atoms with E-state index < -0.39 is 6.10 Å². The van der Waals surface area contributed by atoms with Crippen LogP contribution in [0.25, 0.3) is 0 Å². The van der Waals surface area contributed by atoms with Crippen molar-refractivity contribution in [3.8, 4) is 0 Å². The van der Waals surface area contributed by atoms with Gasteiger partial charge in [0.15, 0.2) is 5.82 Å². The van der Waals surface area contributed by atoms with E-state index in [1.165, 1.54) is 5.56 Å². The molecule has 0 fully saturated rings. The first-order valence-corrected chi connectivity index (χ1v) is 10.8. The van der Waals surface area contributed by atoms with Crippen LogP contribution >= 0.6 is 0 Å². The fourth-order valence-corrected chi connectivity index (χ4v) is 3.82. The molecular weight excluding hydrogens is 376 g/mol.